The number of carbonyl (C=O) groups is 1. The summed E-state index contributed by atoms with van der Waals surface area (Å²) in [5.41, 5.74) is 1.01. The molecule has 1 saturated carbocycles. The Hall–Kier alpha value is -2.09. The van der Waals surface area contributed by atoms with E-state index in [2.05, 4.69) is 25.0 Å². The van der Waals surface area contributed by atoms with Crippen molar-refractivity contribution in [1.29, 1.82) is 0 Å². The lowest BCUT2D eigenvalue weighted by Crippen LogP contribution is -2.32. The van der Waals surface area contributed by atoms with Gasteiger partial charge in [0, 0.05) is 25.7 Å². The van der Waals surface area contributed by atoms with Crippen LogP contribution < -0.4 is 10.2 Å². The van der Waals surface area contributed by atoms with Crippen molar-refractivity contribution in [2.24, 2.45) is 0 Å². The summed E-state index contributed by atoms with van der Waals surface area (Å²) in [5, 5.41) is 12.4. The lowest BCUT2D eigenvalue weighted by molar-refractivity contribution is -0.120. The average Bonchev–Trinajstić information content (AvgIpc) is 3.21. The molecule has 1 saturated heterocycles. The molecule has 1 amide bonds. The Morgan fingerprint density at radius 3 is 2.64 bits per heavy atom. The van der Waals surface area contributed by atoms with E-state index >= 15 is 0 Å². The zero-order valence-corrected chi connectivity index (χ0v) is 16.9. The number of halogens is 1. The molecule has 1 aliphatic carbocycles. The summed E-state index contributed by atoms with van der Waals surface area (Å²) in [6.45, 7) is 4.51. The van der Waals surface area contributed by atoms with E-state index in [1.807, 2.05) is 6.92 Å². The maximum atomic E-state index is 13.0. The Balaban J connectivity index is 1.33. The Labute approximate surface area is 168 Å². The molecule has 1 N–H and O–H groups in total. The molecule has 4 rings (SSSR count). The monoisotopic (exact) mass is 403 g/mol. The van der Waals surface area contributed by atoms with Crippen LogP contribution in [0.15, 0.2) is 29.4 Å². The normalized spacial score (nSPS) is 17.7. The van der Waals surface area contributed by atoms with Crippen molar-refractivity contribution in [2.75, 3.05) is 24.5 Å². The van der Waals surface area contributed by atoms with E-state index in [-0.39, 0.29) is 17.0 Å². The molecule has 8 heteroatoms. The first-order chi connectivity index (χ1) is 13.6. The smallest absolute Gasteiger partial charge is 0.233 e. The van der Waals surface area contributed by atoms with Crippen molar-refractivity contribution in [2.45, 2.75) is 55.5 Å². The molecule has 1 unspecified atom stereocenters. The van der Waals surface area contributed by atoms with Crippen molar-refractivity contribution < 1.29 is 9.18 Å². The van der Waals surface area contributed by atoms with Gasteiger partial charge >= 0.3 is 0 Å². The fourth-order valence-electron chi connectivity index (χ4n) is 3.47. The first-order valence-electron chi connectivity index (χ1n) is 10.0. The summed E-state index contributed by atoms with van der Waals surface area (Å²) < 4.78 is 15.2. The van der Waals surface area contributed by atoms with Crippen LogP contribution in [0, 0.1) is 5.82 Å². The predicted octanol–water partition coefficient (Wildman–Crippen LogP) is 3.19. The van der Waals surface area contributed by atoms with E-state index in [1.165, 1.54) is 36.7 Å². The van der Waals surface area contributed by atoms with Gasteiger partial charge in [-0.05, 0) is 56.7 Å². The highest BCUT2D eigenvalue weighted by atomic mass is 32.2. The van der Waals surface area contributed by atoms with E-state index in [4.69, 9.17) is 0 Å². The number of nitrogens with one attached hydrogen (secondary N) is 1. The fraction of sp³-hybridized carbons (Fsp3) is 0.550. The van der Waals surface area contributed by atoms with Crippen LogP contribution in [0.2, 0.25) is 0 Å². The van der Waals surface area contributed by atoms with Crippen molar-refractivity contribution in [3.63, 3.8) is 0 Å². The third-order valence-corrected chi connectivity index (χ3v) is 6.28. The van der Waals surface area contributed by atoms with E-state index in [9.17, 15) is 9.18 Å². The maximum absolute atomic E-state index is 13.0. The third-order valence-electron chi connectivity index (χ3n) is 5.23. The minimum Gasteiger partial charge on any atom is -0.355 e. The van der Waals surface area contributed by atoms with E-state index in [0.717, 1.165) is 42.6 Å². The summed E-state index contributed by atoms with van der Waals surface area (Å²) in [7, 11) is 0. The minimum atomic E-state index is -0.249. The zero-order valence-electron chi connectivity index (χ0n) is 16.1. The SMILES string of the molecule is CC(Sc1nnc(N2CCCC2)n1C1CC1)C(=O)NCCc1ccc(F)cc1. The molecule has 2 heterocycles. The van der Waals surface area contributed by atoms with Gasteiger partial charge in [0.2, 0.25) is 11.9 Å². The maximum Gasteiger partial charge on any atom is 0.233 e. The highest BCUT2D eigenvalue weighted by Gasteiger charge is 2.33. The lowest BCUT2D eigenvalue weighted by atomic mass is 10.1. The number of nitrogens with zero attached hydrogens (tertiary/aromatic N) is 4. The van der Waals surface area contributed by atoms with Crippen LogP contribution in [0.3, 0.4) is 0 Å². The number of aromatic nitrogens is 3. The standard InChI is InChI=1S/C20H26FN5OS/c1-14(18(27)22-11-10-15-4-6-16(21)7-5-15)28-20-24-23-19(25-12-2-3-13-25)26(20)17-8-9-17/h4-7,14,17H,2-3,8-13H2,1H3,(H,22,27). The Kier molecular flexibility index (Phi) is 5.85. The van der Waals surface area contributed by atoms with Crippen LogP contribution in [-0.4, -0.2) is 45.6 Å². The number of amides is 1. The molecule has 1 aromatic carbocycles. The third kappa shape index (κ3) is 4.48. The van der Waals surface area contributed by atoms with Gasteiger partial charge in [0.1, 0.15) is 5.82 Å². The second kappa shape index (κ2) is 8.51. The fourth-order valence-corrected chi connectivity index (χ4v) is 4.41. The highest BCUT2D eigenvalue weighted by Crippen LogP contribution is 2.42. The van der Waals surface area contributed by atoms with Crippen LogP contribution in [0.1, 0.15) is 44.2 Å². The molecule has 0 bridgehead atoms. The molecule has 2 aromatic rings. The first-order valence-corrected chi connectivity index (χ1v) is 10.9. The van der Waals surface area contributed by atoms with E-state index in [0.29, 0.717) is 19.0 Å². The molecule has 150 valence electrons. The van der Waals surface area contributed by atoms with Crippen LogP contribution >= 0.6 is 11.8 Å². The Morgan fingerprint density at radius 2 is 1.96 bits per heavy atom. The Morgan fingerprint density at radius 1 is 1.25 bits per heavy atom. The summed E-state index contributed by atoms with van der Waals surface area (Å²) >= 11 is 1.48. The molecule has 1 aliphatic heterocycles. The van der Waals surface area contributed by atoms with E-state index in [1.54, 1.807) is 12.1 Å². The molecule has 1 atom stereocenters. The number of carbonyl (C=O) groups excluding carboxylic acids is 1. The van der Waals surface area contributed by atoms with Gasteiger partial charge in [-0.2, -0.15) is 0 Å². The van der Waals surface area contributed by atoms with Gasteiger partial charge in [0.25, 0.3) is 0 Å². The number of hydrogen-bond donors (Lipinski definition) is 1. The van der Waals surface area contributed by atoms with Crippen LogP contribution in [0.4, 0.5) is 10.3 Å². The molecule has 2 fully saturated rings. The Bertz CT molecular complexity index is 815. The van der Waals surface area contributed by atoms with Gasteiger partial charge in [0.15, 0.2) is 5.16 Å². The summed E-state index contributed by atoms with van der Waals surface area (Å²) in [5.74, 6) is 0.706. The lowest BCUT2D eigenvalue weighted by Gasteiger charge is -2.18. The first kappa shape index (κ1) is 19.2. The van der Waals surface area contributed by atoms with Gasteiger partial charge in [-0.3, -0.25) is 9.36 Å². The van der Waals surface area contributed by atoms with Crippen molar-refractivity contribution in [3.8, 4) is 0 Å². The molecule has 2 aliphatic rings. The van der Waals surface area contributed by atoms with Gasteiger partial charge < -0.3 is 10.2 Å². The van der Waals surface area contributed by atoms with Gasteiger partial charge in [-0.1, -0.05) is 23.9 Å². The topological polar surface area (TPSA) is 63.1 Å². The number of rotatable bonds is 8. The predicted molar refractivity (Wildman–Crippen MR) is 108 cm³/mol. The van der Waals surface area contributed by atoms with Crippen molar-refractivity contribution in [3.05, 3.63) is 35.6 Å². The van der Waals surface area contributed by atoms with Gasteiger partial charge in [-0.25, -0.2) is 4.39 Å². The number of benzene rings is 1. The van der Waals surface area contributed by atoms with Crippen LogP contribution in [0.5, 0.6) is 0 Å². The number of hydrogen-bond acceptors (Lipinski definition) is 5. The molecule has 6 nitrogen and oxygen atoms in total. The second-order valence-corrected chi connectivity index (χ2v) is 8.81. The minimum absolute atomic E-state index is 0.0137. The quantitative estimate of drug-likeness (QED) is 0.686. The van der Waals surface area contributed by atoms with Crippen molar-refractivity contribution >= 4 is 23.6 Å². The molecule has 1 aromatic heterocycles. The summed E-state index contributed by atoms with van der Waals surface area (Å²) in [4.78, 5) is 14.8. The molecular weight excluding hydrogens is 377 g/mol. The summed E-state index contributed by atoms with van der Waals surface area (Å²) in [6, 6.07) is 6.85. The van der Waals surface area contributed by atoms with E-state index < -0.39 is 0 Å². The largest absolute Gasteiger partial charge is 0.355 e. The highest BCUT2D eigenvalue weighted by molar-refractivity contribution is 8.00. The van der Waals surface area contributed by atoms with Gasteiger partial charge in [0.05, 0.1) is 5.25 Å². The molecular formula is C20H26FN5OS. The van der Waals surface area contributed by atoms with Gasteiger partial charge in [-0.15, -0.1) is 10.2 Å². The molecule has 0 radical (unpaired) electrons. The molecule has 28 heavy (non-hydrogen) atoms. The average molecular weight is 404 g/mol. The van der Waals surface area contributed by atoms with Crippen LogP contribution in [0.25, 0.3) is 0 Å². The van der Waals surface area contributed by atoms with Crippen LogP contribution in [-0.2, 0) is 11.2 Å². The zero-order chi connectivity index (χ0) is 19.5. The number of thioether (sulfide) groups is 1. The number of anilines is 1. The summed E-state index contributed by atoms with van der Waals surface area (Å²) in [6.07, 6.45) is 5.40. The molecule has 0 spiro atoms. The van der Waals surface area contributed by atoms with Crippen molar-refractivity contribution in [1.82, 2.24) is 20.1 Å². The second-order valence-electron chi connectivity index (χ2n) is 7.51.